The van der Waals surface area contributed by atoms with E-state index in [1.165, 1.54) is 0 Å². The highest BCUT2D eigenvalue weighted by atomic mass is 79.9. The zero-order valence-electron chi connectivity index (χ0n) is 6.38. The molecule has 0 unspecified atom stereocenters. The molecular formula is C7H2BrClF3NO. The zero-order chi connectivity index (χ0) is 11.0. The van der Waals surface area contributed by atoms with Gasteiger partial charge >= 0.3 is 0 Å². The van der Waals surface area contributed by atoms with Crippen LogP contribution in [0.15, 0.2) is 4.47 Å². The quantitative estimate of drug-likeness (QED) is 0.626. The summed E-state index contributed by atoms with van der Waals surface area (Å²) in [6, 6.07) is 0. The molecule has 0 radical (unpaired) electrons. The summed E-state index contributed by atoms with van der Waals surface area (Å²) < 4.78 is 38.2. The Labute approximate surface area is 90.0 Å². The summed E-state index contributed by atoms with van der Waals surface area (Å²) in [5.41, 5.74) is 3.82. The Balaban J connectivity index is 3.68. The van der Waals surface area contributed by atoms with E-state index in [1.807, 2.05) is 0 Å². The average molecular weight is 288 g/mol. The molecule has 14 heavy (non-hydrogen) atoms. The van der Waals surface area contributed by atoms with E-state index in [0.717, 1.165) is 0 Å². The second-order valence-corrected chi connectivity index (χ2v) is 3.48. The third-order valence-electron chi connectivity index (χ3n) is 1.46. The molecule has 0 heterocycles. The highest BCUT2D eigenvalue weighted by molar-refractivity contribution is 9.10. The van der Waals surface area contributed by atoms with E-state index in [-0.39, 0.29) is 0 Å². The maximum absolute atomic E-state index is 13.0. The molecule has 0 aliphatic heterocycles. The van der Waals surface area contributed by atoms with Gasteiger partial charge in [-0.1, -0.05) is 11.6 Å². The minimum atomic E-state index is -1.64. The number of hydrogen-bond acceptors (Lipinski definition) is 1. The van der Waals surface area contributed by atoms with Crippen molar-refractivity contribution in [2.45, 2.75) is 0 Å². The van der Waals surface area contributed by atoms with Crippen molar-refractivity contribution in [3.63, 3.8) is 0 Å². The van der Waals surface area contributed by atoms with E-state index < -0.39 is 38.4 Å². The van der Waals surface area contributed by atoms with Gasteiger partial charge in [0.1, 0.15) is 5.02 Å². The lowest BCUT2D eigenvalue weighted by molar-refractivity contribution is 0.0994. The molecule has 1 aromatic carbocycles. The van der Waals surface area contributed by atoms with Gasteiger partial charge in [-0.05, 0) is 15.9 Å². The predicted molar refractivity (Wildman–Crippen MR) is 47.5 cm³/mol. The standard InChI is InChI=1S/C7H2BrClF3NO/c8-2-1(7(13)14)4(10)6(12)3(9)5(2)11/h(H2,13,14). The summed E-state index contributed by atoms with van der Waals surface area (Å²) in [5, 5.41) is -1.03. The maximum atomic E-state index is 13.0. The van der Waals surface area contributed by atoms with Crippen molar-refractivity contribution in [1.29, 1.82) is 0 Å². The largest absolute Gasteiger partial charge is 0.365 e. The van der Waals surface area contributed by atoms with Crippen LogP contribution in [0.5, 0.6) is 0 Å². The van der Waals surface area contributed by atoms with E-state index in [9.17, 15) is 18.0 Å². The van der Waals surface area contributed by atoms with E-state index in [0.29, 0.717) is 0 Å². The lowest BCUT2D eigenvalue weighted by atomic mass is 10.2. The Hall–Kier alpha value is -0.750. The van der Waals surface area contributed by atoms with Gasteiger partial charge in [0.05, 0.1) is 10.0 Å². The fraction of sp³-hybridized carbons (Fsp3) is 0. The fourth-order valence-electron chi connectivity index (χ4n) is 0.821. The highest BCUT2D eigenvalue weighted by Crippen LogP contribution is 2.31. The SMILES string of the molecule is NC(=O)c1c(F)c(F)c(Cl)c(F)c1Br. The molecular weight excluding hydrogens is 286 g/mol. The Bertz CT molecular complexity index is 395. The van der Waals surface area contributed by atoms with Crippen LogP contribution in [0.1, 0.15) is 10.4 Å². The topological polar surface area (TPSA) is 43.1 Å². The summed E-state index contributed by atoms with van der Waals surface area (Å²) in [5.74, 6) is -5.76. The van der Waals surface area contributed by atoms with Gasteiger partial charge in [0.25, 0.3) is 5.91 Å². The summed E-state index contributed by atoms with van der Waals surface area (Å²) >= 11 is 7.64. The molecule has 0 aliphatic carbocycles. The van der Waals surface area contributed by atoms with Crippen LogP contribution in [-0.2, 0) is 0 Å². The third-order valence-corrected chi connectivity index (χ3v) is 2.53. The predicted octanol–water partition coefficient (Wildman–Crippen LogP) is 2.62. The van der Waals surface area contributed by atoms with Gasteiger partial charge in [0.2, 0.25) is 0 Å². The molecule has 0 aliphatic rings. The van der Waals surface area contributed by atoms with Crippen LogP contribution >= 0.6 is 27.5 Å². The Morgan fingerprint density at radius 3 is 2.14 bits per heavy atom. The van der Waals surface area contributed by atoms with Crippen molar-refractivity contribution in [3.05, 3.63) is 32.5 Å². The lowest BCUT2D eigenvalue weighted by Gasteiger charge is -2.06. The molecule has 1 amide bonds. The highest BCUT2D eigenvalue weighted by Gasteiger charge is 2.25. The summed E-state index contributed by atoms with van der Waals surface area (Å²) in [4.78, 5) is 10.6. The molecule has 2 N–H and O–H groups in total. The van der Waals surface area contributed by atoms with Crippen molar-refractivity contribution in [3.8, 4) is 0 Å². The molecule has 0 saturated carbocycles. The van der Waals surface area contributed by atoms with Crippen LogP contribution in [0, 0.1) is 17.5 Å². The molecule has 1 aromatic rings. The van der Waals surface area contributed by atoms with E-state index in [4.69, 9.17) is 17.3 Å². The molecule has 0 spiro atoms. The van der Waals surface area contributed by atoms with Gasteiger partial charge < -0.3 is 5.73 Å². The molecule has 0 aromatic heterocycles. The third kappa shape index (κ3) is 1.59. The molecule has 7 heteroatoms. The molecule has 2 nitrogen and oxygen atoms in total. The van der Waals surface area contributed by atoms with Crippen molar-refractivity contribution < 1.29 is 18.0 Å². The van der Waals surface area contributed by atoms with Gasteiger partial charge in [-0.3, -0.25) is 4.79 Å². The van der Waals surface area contributed by atoms with Gasteiger partial charge in [-0.2, -0.15) is 0 Å². The van der Waals surface area contributed by atoms with Crippen LogP contribution in [-0.4, -0.2) is 5.91 Å². The monoisotopic (exact) mass is 287 g/mol. The number of amides is 1. The zero-order valence-corrected chi connectivity index (χ0v) is 8.72. The molecule has 0 saturated heterocycles. The minimum Gasteiger partial charge on any atom is -0.365 e. The van der Waals surface area contributed by atoms with Crippen molar-refractivity contribution in [2.24, 2.45) is 5.73 Å². The van der Waals surface area contributed by atoms with Gasteiger partial charge in [0.15, 0.2) is 17.5 Å². The van der Waals surface area contributed by atoms with Crippen LogP contribution < -0.4 is 5.73 Å². The number of halogens is 5. The Morgan fingerprint density at radius 2 is 1.71 bits per heavy atom. The Morgan fingerprint density at radius 1 is 1.21 bits per heavy atom. The van der Waals surface area contributed by atoms with Crippen LogP contribution in [0.25, 0.3) is 0 Å². The lowest BCUT2D eigenvalue weighted by Crippen LogP contribution is -2.16. The molecule has 0 bridgehead atoms. The number of carbonyl (C=O) groups is 1. The first kappa shape index (κ1) is 11.3. The Kier molecular flexibility index (Phi) is 3.06. The average Bonchev–Trinajstić information content (AvgIpc) is 2.11. The fourth-order valence-corrected chi connectivity index (χ4v) is 1.68. The van der Waals surface area contributed by atoms with Gasteiger partial charge in [-0.15, -0.1) is 0 Å². The van der Waals surface area contributed by atoms with Crippen LogP contribution in [0.3, 0.4) is 0 Å². The van der Waals surface area contributed by atoms with Crippen LogP contribution in [0.2, 0.25) is 5.02 Å². The smallest absolute Gasteiger partial charge is 0.253 e. The van der Waals surface area contributed by atoms with E-state index in [1.54, 1.807) is 0 Å². The van der Waals surface area contributed by atoms with E-state index >= 15 is 0 Å². The van der Waals surface area contributed by atoms with Gasteiger partial charge in [0, 0.05) is 0 Å². The maximum Gasteiger partial charge on any atom is 0.253 e. The second-order valence-electron chi connectivity index (χ2n) is 2.31. The second kappa shape index (κ2) is 3.78. The number of benzene rings is 1. The molecule has 0 atom stereocenters. The first-order valence-electron chi connectivity index (χ1n) is 3.19. The van der Waals surface area contributed by atoms with Crippen molar-refractivity contribution >= 4 is 33.4 Å². The van der Waals surface area contributed by atoms with Crippen LogP contribution in [0.4, 0.5) is 13.2 Å². The number of hydrogen-bond donors (Lipinski definition) is 1. The summed E-state index contributed by atoms with van der Waals surface area (Å²) in [6.45, 7) is 0. The summed E-state index contributed by atoms with van der Waals surface area (Å²) in [7, 11) is 0. The summed E-state index contributed by atoms with van der Waals surface area (Å²) in [6.07, 6.45) is 0. The van der Waals surface area contributed by atoms with E-state index in [2.05, 4.69) is 15.9 Å². The number of rotatable bonds is 1. The molecule has 0 fully saturated rings. The molecule has 1 rings (SSSR count). The number of primary amides is 1. The van der Waals surface area contributed by atoms with Crippen molar-refractivity contribution in [2.75, 3.05) is 0 Å². The molecule has 76 valence electrons. The minimum absolute atomic E-state index is 0.589. The van der Waals surface area contributed by atoms with Gasteiger partial charge in [-0.25, -0.2) is 13.2 Å². The first-order valence-corrected chi connectivity index (χ1v) is 4.36. The van der Waals surface area contributed by atoms with Crippen molar-refractivity contribution in [1.82, 2.24) is 0 Å². The number of carbonyl (C=O) groups excluding carboxylic acids is 1. The first-order chi connectivity index (χ1) is 6.37. The normalized spacial score (nSPS) is 10.4. The number of nitrogens with two attached hydrogens (primary N) is 1.